The molecule has 1 aromatic carbocycles. The number of alkyl halides is 1. The number of aromatic nitrogens is 2. The summed E-state index contributed by atoms with van der Waals surface area (Å²) in [7, 11) is 0. The summed E-state index contributed by atoms with van der Waals surface area (Å²) in [4.78, 5) is 1.75. The first kappa shape index (κ1) is 11.3. The van der Waals surface area contributed by atoms with Gasteiger partial charge in [0, 0.05) is 17.3 Å². The summed E-state index contributed by atoms with van der Waals surface area (Å²) in [5, 5.41) is 19.7. The van der Waals surface area contributed by atoms with Crippen molar-refractivity contribution in [2.24, 2.45) is 0 Å². The normalized spacial score (nSPS) is 23.8. The Labute approximate surface area is 104 Å². The highest BCUT2D eigenvalue weighted by atomic mass is 19.1. The maximum Gasteiger partial charge on any atom is 0.159 e. The molecule has 2 atom stereocenters. The van der Waals surface area contributed by atoms with Crippen LogP contribution in [-0.4, -0.2) is 40.7 Å². The second-order valence-electron chi connectivity index (χ2n) is 4.64. The Hall–Kier alpha value is -1.75. The van der Waals surface area contributed by atoms with E-state index in [1.54, 1.807) is 4.90 Å². The molecular weight excluding hydrogens is 233 g/mol. The summed E-state index contributed by atoms with van der Waals surface area (Å²) < 4.78 is 13.4. The number of benzene rings is 1. The van der Waals surface area contributed by atoms with E-state index in [1.165, 1.54) is 0 Å². The average Bonchev–Trinajstić information content (AvgIpc) is 2.70. The highest BCUT2D eigenvalue weighted by molar-refractivity contribution is 5.93. The number of nitrogens with zero attached hydrogens (tertiary/aromatic N) is 3. The van der Waals surface area contributed by atoms with E-state index in [0.29, 0.717) is 5.82 Å². The van der Waals surface area contributed by atoms with E-state index in [4.69, 9.17) is 0 Å². The van der Waals surface area contributed by atoms with Gasteiger partial charge in [0.15, 0.2) is 5.82 Å². The van der Waals surface area contributed by atoms with E-state index < -0.39 is 12.3 Å². The molecular formula is C13H14FN3O. The van der Waals surface area contributed by atoms with Gasteiger partial charge in [0.1, 0.15) is 12.3 Å². The maximum absolute atomic E-state index is 13.4. The molecule has 0 unspecified atom stereocenters. The number of halogens is 1. The topological polar surface area (TPSA) is 49.2 Å². The van der Waals surface area contributed by atoms with Crippen molar-refractivity contribution in [3.8, 4) is 0 Å². The first-order valence-electron chi connectivity index (χ1n) is 5.96. The highest BCUT2D eigenvalue weighted by Crippen LogP contribution is 2.28. The Kier molecular flexibility index (Phi) is 2.63. The van der Waals surface area contributed by atoms with E-state index in [-0.39, 0.29) is 13.1 Å². The van der Waals surface area contributed by atoms with Crippen LogP contribution in [0.3, 0.4) is 0 Å². The molecule has 0 saturated carbocycles. The van der Waals surface area contributed by atoms with Gasteiger partial charge in [-0.2, -0.15) is 5.10 Å². The second kappa shape index (κ2) is 4.17. The summed E-state index contributed by atoms with van der Waals surface area (Å²) in [6.45, 7) is 2.34. The van der Waals surface area contributed by atoms with Gasteiger partial charge in [-0.15, -0.1) is 5.10 Å². The van der Waals surface area contributed by atoms with Gasteiger partial charge in [0.25, 0.3) is 0 Å². The lowest BCUT2D eigenvalue weighted by Crippen LogP contribution is -2.23. The number of hydrogen-bond donors (Lipinski definition) is 1. The summed E-state index contributed by atoms with van der Waals surface area (Å²) in [5.41, 5.74) is 0.853. The number of β-amino-alcohol motifs (C(OH)–C–C–N with tert-alkyl or cyclic N) is 1. The van der Waals surface area contributed by atoms with Gasteiger partial charge in [0.2, 0.25) is 0 Å². The standard InChI is InChI=1S/C13H14FN3O/c1-8-9-4-2-3-5-10(9)13(16-15-8)17-6-11(14)12(18)7-17/h2-5,11-12,18H,6-7H2,1H3/t11-,12-/m1/s1. The van der Waals surface area contributed by atoms with Crippen LogP contribution in [0.25, 0.3) is 10.8 Å². The van der Waals surface area contributed by atoms with E-state index in [9.17, 15) is 9.50 Å². The minimum atomic E-state index is -1.22. The molecule has 1 aliphatic heterocycles. The predicted molar refractivity (Wildman–Crippen MR) is 67.4 cm³/mol. The molecule has 1 aromatic heterocycles. The molecule has 94 valence electrons. The number of anilines is 1. The molecule has 5 heteroatoms. The van der Waals surface area contributed by atoms with Gasteiger partial charge in [-0.1, -0.05) is 24.3 Å². The van der Waals surface area contributed by atoms with Crippen LogP contribution in [0.5, 0.6) is 0 Å². The molecule has 4 nitrogen and oxygen atoms in total. The summed E-state index contributed by atoms with van der Waals surface area (Å²) in [6, 6.07) is 7.79. The summed E-state index contributed by atoms with van der Waals surface area (Å²) in [5.74, 6) is 0.649. The fourth-order valence-electron chi connectivity index (χ4n) is 2.38. The lowest BCUT2D eigenvalue weighted by Gasteiger charge is -2.18. The Bertz CT molecular complexity index is 579. The van der Waals surface area contributed by atoms with Gasteiger partial charge >= 0.3 is 0 Å². The molecule has 2 aromatic rings. The predicted octanol–water partition coefficient (Wildman–Crippen LogP) is 1.46. The highest BCUT2D eigenvalue weighted by Gasteiger charge is 2.32. The van der Waals surface area contributed by atoms with Crippen LogP contribution >= 0.6 is 0 Å². The van der Waals surface area contributed by atoms with E-state index >= 15 is 0 Å². The second-order valence-corrected chi connectivity index (χ2v) is 4.64. The van der Waals surface area contributed by atoms with Crippen molar-refractivity contribution < 1.29 is 9.50 Å². The summed E-state index contributed by atoms with van der Waals surface area (Å²) in [6.07, 6.45) is -2.15. The minimum Gasteiger partial charge on any atom is -0.388 e. The van der Waals surface area contributed by atoms with Crippen LogP contribution in [0.4, 0.5) is 10.2 Å². The molecule has 2 heterocycles. The number of aryl methyl sites for hydroxylation is 1. The molecule has 3 rings (SSSR count). The lowest BCUT2D eigenvalue weighted by atomic mass is 10.1. The molecule has 1 saturated heterocycles. The number of rotatable bonds is 1. The number of fused-ring (bicyclic) bond motifs is 1. The molecule has 0 spiro atoms. The zero-order valence-electron chi connectivity index (χ0n) is 10.0. The smallest absolute Gasteiger partial charge is 0.159 e. The van der Waals surface area contributed by atoms with Gasteiger partial charge in [-0.05, 0) is 6.92 Å². The van der Waals surface area contributed by atoms with Crippen molar-refractivity contribution in [1.29, 1.82) is 0 Å². The Morgan fingerprint density at radius 2 is 1.94 bits per heavy atom. The summed E-state index contributed by atoms with van der Waals surface area (Å²) >= 11 is 0. The van der Waals surface area contributed by atoms with Crippen molar-refractivity contribution >= 4 is 16.6 Å². The third-order valence-corrected chi connectivity index (χ3v) is 3.37. The van der Waals surface area contributed by atoms with Crippen LogP contribution in [0.2, 0.25) is 0 Å². The molecule has 1 N–H and O–H groups in total. The van der Waals surface area contributed by atoms with E-state index in [0.717, 1.165) is 16.5 Å². The molecule has 0 radical (unpaired) electrons. The molecule has 1 fully saturated rings. The maximum atomic E-state index is 13.4. The zero-order chi connectivity index (χ0) is 12.7. The van der Waals surface area contributed by atoms with Crippen LogP contribution in [0.15, 0.2) is 24.3 Å². The monoisotopic (exact) mass is 247 g/mol. The van der Waals surface area contributed by atoms with Crippen molar-refractivity contribution in [3.63, 3.8) is 0 Å². The van der Waals surface area contributed by atoms with Crippen LogP contribution in [-0.2, 0) is 0 Å². The Morgan fingerprint density at radius 1 is 1.22 bits per heavy atom. The quantitative estimate of drug-likeness (QED) is 0.828. The molecule has 1 aliphatic rings. The number of aliphatic hydroxyl groups is 1. The van der Waals surface area contributed by atoms with Gasteiger partial charge in [0.05, 0.1) is 12.2 Å². The molecule has 0 bridgehead atoms. The van der Waals surface area contributed by atoms with Gasteiger partial charge in [-0.25, -0.2) is 4.39 Å². The number of aliphatic hydroxyl groups excluding tert-OH is 1. The van der Waals surface area contributed by atoms with Crippen LogP contribution in [0, 0.1) is 6.92 Å². The van der Waals surface area contributed by atoms with Gasteiger partial charge in [-0.3, -0.25) is 0 Å². The fourth-order valence-corrected chi connectivity index (χ4v) is 2.38. The molecule has 0 aliphatic carbocycles. The number of hydrogen-bond acceptors (Lipinski definition) is 4. The van der Waals surface area contributed by atoms with Crippen molar-refractivity contribution in [1.82, 2.24) is 10.2 Å². The van der Waals surface area contributed by atoms with Crippen molar-refractivity contribution in [3.05, 3.63) is 30.0 Å². The first-order valence-corrected chi connectivity index (χ1v) is 5.96. The largest absolute Gasteiger partial charge is 0.388 e. The molecule has 0 amide bonds. The fraction of sp³-hybridized carbons (Fsp3) is 0.385. The minimum absolute atomic E-state index is 0.170. The Balaban J connectivity index is 2.10. The Morgan fingerprint density at radius 3 is 2.61 bits per heavy atom. The third-order valence-electron chi connectivity index (χ3n) is 3.37. The van der Waals surface area contributed by atoms with E-state index in [1.807, 2.05) is 31.2 Å². The van der Waals surface area contributed by atoms with Gasteiger partial charge < -0.3 is 10.0 Å². The van der Waals surface area contributed by atoms with Crippen LogP contribution in [0.1, 0.15) is 5.69 Å². The van der Waals surface area contributed by atoms with Crippen LogP contribution < -0.4 is 4.90 Å². The van der Waals surface area contributed by atoms with E-state index in [2.05, 4.69) is 10.2 Å². The van der Waals surface area contributed by atoms with Crippen molar-refractivity contribution in [2.75, 3.05) is 18.0 Å². The average molecular weight is 247 g/mol. The SMILES string of the molecule is Cc1nnc(N2C[C@@H](O)[C@H](F)C2)c2ccccc12. The first-order chi connectivity index (χ1) is 8.66. The van der Waals surface area contributed by atoms with Crippen molar-refractivity contribution in [2.45, 2.75) is 19.2 Å². The zero-order valence-corrected chi connectivity index (χ0v) is 10.0. The third kappa shape index (κ3) is 1.71. The molecule has 18 heavy (non-hydrogen) atoms. The lowest BCUT2D eigenvalue weighted by molar-refractivity contribution is 0.118.